The Morgan fingerprint density at radius 2 is 1.94 bits per heavy atom. The highest BCUT2D eigenvalue weighted by Crippen LogP contribution is 2.56. The van der Waals surface area contributed by atoms with E-state index in [0.717, 1.165) is 12.8 Å². The van der Waals surface area contributed by atoms with Crippen LogP contribution in [-0.2, 0) is 14.8 Å². The van der Waals surface area contributed by atoms with Gasteiger partial charge >= 0.3 is 0 Å². The van der Waals surface area contributed by atoms with Gasteiger partial charge in [0.05, 0.1) is 12.1 Å². The van der Waals surface area contributed by atoms with Crippen molar-refractivity contribution in [1.82, 2.24) is 10.1 Å². The molecule has 0 bridgehead atoms. The van der Waals surface area contributed by atoms with Crippen LogP contribution in [0.5, 0.6) is 5.88 Å². The van der Waals surface area contributed by atoms with Crippen LogP contribution in [0.25, 0.3) is 0 Å². The molecule has 1 aromatic heterocycles. The maximum absolute atomic E-state index is 14.3. The van der Waals surface area contributed by atoms with Crippen molar-refractivity contribution in [3.63, 3.8) is 0 Å². The van der Waals surface area contributed by atoms with Crippen molar-refractivity contribution in [2.24, 2.45) is 5.92 Å². The highest BCUT2D eigenvalue weighted by atomic mass is 28.4. The first-order valence-corrected chi connectivity index (χ1v) is 14.4. The second-order valence-electron chi connectivity index (χ2n) is 10.9. The summed E-state index contributed by atoms with van der Waals surface area (Å²) < 4.78 is 18.5. The standard InChI is InChI=1S/C24H38N2O5Si/c1-10-11-15-29-21-18-19(28)24(31-32(8,9)22(2,3)4)16(13-12-14-17(24)27)23(5,26(6)7)20(18)30-25-21/h12,14,16H,10-11,13,15H2,1-9H3/t16-,23?,24-/m0/s1. The normalized spacial score (nSPS) is 28.1. The SMILES string of the molecule is CCCCOc1noc2c1C(=O)[C@@]1(O[Si](C)(C)C(C)(C)C)C(=O)C=CC[C@H]1C2(C)N(C)C. The second-order valence-corrected chi connectivity index (χ2v) is 15.6. The first kappa shape index (κ1) is 24.9. The Labute approximate surface area is 192 Å². The number of aromatic nitrogens is 1. The first-order chi connectivity index (χ1) is 14.7. The van der Waals surface area contributed by atoms with Crippen LogP contribution in [0.15, 0.2) is 16.7 Å². The minimum Gasteiger partial charge on any atom is -0.475 e. The number of carbonyl (C=O) groups is 2. The number of hydrogen-bond acceptors (Lipinski definition) is 7. The van der Waals surface area contributed by atoms with Gasteiger partial charge in [0.1, 0.15) is 5.56 Å². The fourth-order valence-electron chi connectivity index (χ4n) is 4.48. The van der Waals surface area contributed by atoms with Gasteiger partial charge in [0, 0.05) is 5.92 Å². The largest absolute Gasteiger partial charge is 0.475 e. The summed E-state index contributed by atoms with van der Waals surface area (Å²) in [7, 11) is 1.33. The predicted octanol–water partition coefficient (Wildman–Crippen LogP) is 4.73. The molecule has 0 aliphatic heterocycles. The molecule has 0 amide bonds. The number of unbranched alkanes of at least 4 members (excludes halogenated alkanes) is 1. The van der Waals surface area contributed by atoms with E-state index >= 15 is 0 Å². The van der Waals surface area contributed by atoms with E-state index in [0.29, 0.717) is 18.8 Å². The highest BCUT2D eigenvalue weighted by molar-refractivity contribution is 6.74. The monoisotopic (exact) mass is 462 g/mol. The van der Waals surface area contributed by atoms with E-state index in [2.05, 4.69) is 45.9 Å². The second kappa shape index (κ2) is 8.22. The third-order valence-corrected chi connectivity index (χ3v) is 12.2. The maximum atomic E-state index is 14.3. The van der Waals surface area contributed by atoms with Crippen LogP contribution in [0.4, 0.5) is 0 Å². The van der Waals surface area contributed by atoms with Crippen molar-refractivity contribution in [3.8, 4) is 5.88 Å². The number of Topliss-reactive ketones (excluding diaryl/α,β-unsaturated/α-hetero) is 1. The Bertz CT molecular complexity index is 929. The van der Waals surface area contributed by atoms with E-state index in [1.807, 2.05) is 32.0 Å². The maximum Gasteiger partial charge on any atom is 0.265 e. The molecule has 0 saturated carbocycles. The van der Waals surface area contributed by atoms with Crippen LogP contribution < -0.4 is 4.74 Å². The Kier molecular flexibility index (Phi) is 6.39. The van der Waals surface area contributed by atoms with E-state index in [1.165, 1.54) is 6.08 Å². The number of ketones is 2. The molecule has 1 heterocycles. The molecule has 2 aliphatic carbocycles. The lowest BCUT2D eigenvalue weighted by molar-refractivity contribution is -0.140. The Morgan fingerprint density at radius 3 is 2.50 bits per heavy atom. The molecule has 3 rings (SSSR count). The summed E-state index contributed by atoms with van der Waals surface area (Å²) >= 11 is 0. The molecule has 178 valence electrons. The zero-order chi connectivity index (χ0) is 24.1. The summed E-state index contributed by atoms with van der Waals surface area (Å²) in [6, 6.07) is 0. The number of allylic oxidation sites excluding steroid dienone is 1. The van der Waals surface area contributed by atoms with Crippen molar-refractivity contribution in [3.05, 3.63) is 23.5 Å². The smallest absolute Gasteiger partial charge is 0.265 e. The number of rotatable bonds is 7. The lowest BCUT2D eigenvalue weighted by atomic mass is 9.59. The van der Waals surface area contributed by atoms with Gasteiger partial charge in [0.25, 0.3) is 5.88 Å². The molecule has 3 atom stereocenters. The van der Waals surface area contributed by atoms with Crippen molar-refractivity contribution >= 4 is 19.9 Å². The lowest BCUT2D eigenvalue weighted by Gasteiger charge is -2.55. The van der Waals surface area contributed by atoms with Crippen LogP contribution in [0, 0.1) is 5.92 Å². The molecule has 0 radical (unpaired) electrons. The first-order valence-electron chi connectivity index (χ1n) is 11.5. The number of ether oxygens (including phenoxy) is 1. The number of fused-ring (bicyclic) bond motifs is 2. The molecule has 0 fully saturated rings. The number of nitrogens with zero attached hydrogens (tertiary/aromatic N) is 2. The quantitative estimate of drug-likeness (QED) is 0.329. The fourth-order valence-corrected chi connectivity index (χ4v) is 5.93. The Morgan fingerprint density at radius 1 is 1.28 bits per heavy atom. The topological polar surface area (TPSA) is 81.9 Å². The average Bonchev–Trinajstić information content (AvgIpc) is 3.11. The summed E-state index contributed by atoms with van der Waals surface area (Å²) in [5, 5.41) is 3.95. The zero-order valence-electron chi connectivity index (χ0n) is 21.0. The molecule has 7 nitrogen and oxygen atoms in total. The van der Waals surface area contributed by atoms with Crippen LogP contribution >= 0.6 is 0 Å². The zero-order valence-corrected chi connectivity index (χ0v) is 22.0. The van der Waals surface area contributed by atoms with Crippen molar-refractivity contribution in [1.29, 1.82) is 0 Å². The summed E-state index contributed by atoms with van der Waals surface area (Å²) in [4.78, 5) is 29.9. The molecule has 2 aliphatic rings. The van der Waals surface area contributed by atoms with Crippen LogP contribution in [-0.4, -0.2) is 56.2 Å². The molecule has 0 spiro atoms. The van der Waals surface area contributed by atoms with Crippen LogP contribution in [0.1, 0.15) is 70.0 Å². The Hall–Kier alpha value is -1.77. The summed E-state index contributed by atoms with van der Waals surface area (Å²) in [6.07, 6.45) is 5.65. The van der Waals surface area contributed by atoms with E-state index in [-0.39, 0.29) is 28.0 Å². The average molecular weight is 463 g/mol. The van der Waals surface area contributed by atoms with Gasteiger partial charge in [-0.2, -0.15) is 0 Å². The van der Waals surface area contributed by atoms with Crippen molar-refractivity contribution < 1.29 is 23.3 Å². The highest BCUT2D eigenvalue weighted by Gasteiger charge is 2.68. The molecule has 8 heteroatoms. The van der Waals surface area contributed by atoms with Gasteiger partial charge in [-0.3, -0.25) is 14.5 Å². The van der Waals surface area contributed by atoms with Crippen molar-refractivity contribution in [2.75, 3.05) is 20.7 Å². The summed E-state index contributed by atoms with van der Waals surface area (Å²) in [6.45, 7) is 15.0. The van der Waals surface area contributed by atoms with E-state index < -0.39 is 25.4 Å². The van der Waals surface area contributed by atoms with Gasteiger partial charge in [0.15, 0.2) is 25.5 Å². The molecule has 1 aromatic rings. The summed E-state index contributed by atoms with van der Waals surface area (Å²) in [5.41, 5.74) is -2.17. The van der Waals surface area contributed by atoms with Gasteiger partial charge < -0.3 is 13.7 Å². The van der Waals surface area contributed by atoms with Gasteiger partial charge in [-0.1, -0.05) is 40.2 Å². The van der Waals surface area contributed by atoms with Crippen LogP contribution in [0.2, 0.25) is 18.1 Å². The molecule has 1 unspecified atom stereocenters. The van der Waals surface area contributed by atoms with E-state index in [1.54, 1.807) is 0 Å². The molecule has 0 N–H and O–H groups in total. The third-order valence-electron chi connectivity index (χ3n) is 7.75. The molecule has 0 aromatic carbocycles. The van der Waals surface area contributed by atoms with Gasteiger partial charge in [-0.15, -0.1) is 0 Å². The number of hydrogen-bond donors (Lipinski definition) is 0. The van der Waals surface area contributed by atoms with Gasteiger partial charge in [-0.25, -0.2) is 0 Å². The van der Waals surface area contributed by atoms with E-state index in [9.17, 15) is 9.59 Å². The van der Waals surface area contributed by atoms with Crippen molar-refractivity contribution in [2.45, 2.75) is 83.2 Å². The minimum atomic E-state index is -2.53. The van der Waals surface area contributed by atoms with E-state index in [4.69, 9.17) is 13.7 Å². The fraction of sp³-hybridized carbons (Fsp3) is 0.708. The third kappa shape index (κ3) is 3.51. The Balaban J connectivity index is 2.27. The summed E-state index contributed by atoms with van der Waals surface area (Å²) in [5.74, 6) is -0.535. The van der Waals surface area contributed by atoms with Gasteiger partial charge in [-0.05, 0) is 63.2 Å². The van der Waals surface area contributed by atoms with Gasteiger partial charge in [0.2, 0.25) is 5.78 Å². The molecule has 32 heavy (non-hydrogen) atoms. The molecule has 0 saturated heterocycles. The number of carbonyl (C=O) groups excluding carboxylic acids is 2. The van der Waals surface area contributed by atoms with Crippen LogP contribution in [0.3, 0.4) is 0 Å². The lowest BCUT2D eigenvalue weighted by Crippen LogP contribution is -2.70. The minimum absolute atomic E-state index is 0.158. The predicted molar refractivity (Wildman–Crippen MR) is 126 cm³/mol. The molecular weight excluding hydrogens is 424 g/mol. The molecular formula is C24H38N2O5Si.